The van der Waals surface area contributed by atoms with E-state index < -0.39 is 71.9 Å². The van der Waals surface area contributed by atoms with E-state index in [2.05, 4.69) is 26.2 Å². The minimum absolute atomic E-state index is 0.0310. The number of fused-ring (bicyclic) bond motifs is 5. The fourth-order valence-electron chi connectivity index (χ4n) is 12.0. The minimum atomic E-state index is -2.08. The topological polar surface area (TPSA) is 311 Å². The number of nitrogens with zero attached hydrogens (tertiary/aromatic N) is 5. The molecule has 7 heterocycles. The van der Waals surface area contributed by atoms with E-state index in [0.717, 1.165) is 42.4 Å². The quantitative estimate of drug-likeness (QED) is 0.0232. The van der Waals surface area contributed by atoms with E-state index in [1.54, 1.807) is 55.4 Å². The standard InChI is InChI=1S/C64H87N9O17/c1-6-44-45-36-43(88-62(83)71-29-22-42(23-30-71)70-26-13-9-14-27-70)18-19-49(45)69-57-46(44)39-73-51(57)37-48-47(59(73)80)40-87-60(81)64(48,7-2)89-56(78)38-67-58(79)50(16-11-12-24-66-61(82)90-63(3,4)5)68-53(75)41-86-35-34-85-33-32-84-31-25-65-52(74)17-10-8-15-28-72-54(76)20-21-55(72)77/h18-21,36-37,42,50H,6-17,22-35,38-41H2,1-5H3,(H,65,74)(H,66,82)(H,67,79)(H,68,75)/t50?,64-/m0/s1. The Hall–Kier alpha value is -7.81. The van der Waals surface area contributed by atoms with Gasteiger partial charge >= 0.3 is 24.1 Å². The molecule has 8 rings (SSSR count). The van der Waals surface area contributed by atoms with E-state index in [9.17, 15) is 47.9 Å². The molecule has 3 aromatic rings. The van der Waals surface area contributed by atoms with Gasteiger partial charge in [-0.25, -0.2) is 19.4 Å². The lowest BCUT2D eigenvalue weighted by atomic mass is 9.85. The van der Waals surface area contributed by atoms with Gasteiger partial charge < -0.3 is 68.8 Å². The number of esters is 2. The number of amides is 7. The number of hydrogen-bond acceptors (Lipinski definition) is 19. The smallest absolute Gasteiger partial charge is 0.415 e. The van der Waals surface area contributed by atoms with Crippen LogP contribution in [0.25, 0.3) is 22.3 Å². The predicted octanol–water partition coefficient (Wildman–Crippen LogP) is 4.59. The van der Waals surface area contributed by atoms with Gasteiger partial charge in [-0.2, -0.15) is 0 Å². The number of carbonyl (C=O) groups is 9. The highest BCUT2D eigenvalue weighted by Crippen LogP contribution is 2.42. The van der Waals surface area contributed by atoms with Crippen molar-refractivity contribution in [3.8, 4) is 17.1 Å². The first-order valence-corrected chi connectivity index (χ1v) is 31.7. The average Bonchev–Trinajstić information content (AvgIpc) is 1.45. The van der Waals surface area contributed by atoms with Crippen molar-refractivity contribution in [1.82, 2.24) is 45.5 Å². The third kappa shape index (κ3) is 18.0. The summed E-state index contributed by atoms with van der Waals surface area (Å²) >= 11 is 0. The molecular weight excluding hydrogens is 1170 g/mol. The lowest BCUT2D eigenvalue weighted by Gasteiger charge is -2.39. The Morgan fingerprint density at radius 2 is 1.50 bits per heavy atom. The first-order valence-electron chi connectivity index (χ1n) is 31.7. The monoisotopic (exact) mass is 1250 g/mol. The minimum Gasteiger partial charge on any atom is -0.457 e. The molecule has 0 saturated carbocycles. The van der Waals surface area contributed by atoms with Gasteiger partial charge in [0.05, 0.1) is 62.0 Å². The number of unbranched alkanes of at least 4 members (excludes halogenated alkanes) is 3. The van der Waals surface area contributed by atoms with Crippen LogP contribution < -0.4 is 31.6 Å². The molecule has 2 saturated heterocycles. The first kappa shape index (κ1) is 68.1. The molecule has 90 heavy (non-hydrogen) atoms. The van der Waals surface area contributed by atoms with Gasteiger partial charge in [-0.05, 0) is 134 Å². The van der Waals surface area contributed by atoms with Crippen LogP contribution in [0.1, 0.15) is 140 Å². The van der Waals surface area contributed by atoms with Gasteiger partial charge in [-0.1, -0.05) is 26.7 Å². The van der Waals surface area contributed by atoms with E-state index in [-0.39, 0.29) is 94.4 Å². The van der Waals surface area contributed by atoms with Gasteiger partial charge in [0.25, 0.3) is 17.4 Å². The Morgan fingerprint density at radius 3 is 2.21 bits per heavy atom. The molecule has 1 unspecified atom stereocenters. The van der Waals surface area contributed by atoms with Crippen LogP contribution in [0.5, 0.6) is 5.75 Å². The summed E-state index contributed by atoms with van der Waals surface area (Å²) in [7, 11) is 0. The summed E-state index contributed by atoms with van der Waals surface area (Å²) in [5.74, 6) is -3.69. The van der Waals surface area contributed by atoms with Crippen LogP contribution in [0.2, 0.25) is 0 Å². The third-order valence-corrected chi connectivity index (χ3v) is 16.6. The molecule has 1 aromatic carbocycles. The van der Waals surface area contributed by atoms with E-state index in [0.29, 0.717) is 99.8 Å². The fourth-order valence-corrected chi connectivity index (χ4v) is 12.0. The zero-order valence-electron chi connectivity index (χ0n) is 52.5. The second-order valence-corrected chi connectivity index (χ2v) is 24.0. The first-order chi connectivity index (χ1) is 43.3. The number of alkyl carbamates (subject to hydrolysis) is 1. The van der Waals surface area contributed by atoms with Gasteiger partial charge in [-0.15, -0.1) is 0 Å². The maximum absolute atomic E-state index is 14.5. The number of aromatic nitrogens is 2. The number of hydrogen-bond donors (Lipinski definition) is 4. The van der Waals surface area contributed by atoms with Gasteiger partial charge in [0, 0.05) is 73.9 Å². The molecule has 5 aliphatic rings. The molecule has 2 aromatic heterocycles. The van der Waals surface area contributed by atoms with Crippen LogP contribution in [-0.2, 0) is 87.2 Å². The van der Waals surface area contributed by atoms with Crippen molar-refractivity contribution in [2.45, 2.75) is 161 Å². The van der Waals surface area contributed by atoms with E-state index in [4.69, 9.17) is 38.1 Å². The number of imide groups is 1. The number of cyclic esters (lactones) is 1. The van der Waals surface area contributed by atoms with Crippen LogP contribution in [0.4, 0.5) is 9.59 Å². The van der Waals surface area contributed by atoms with Gasteiger partial charge in [-0.3, -0.25) is 38.5 Å². The van der Waals surface area contributed by atoms with Crippen molar-refractivity contribution >= 4 is 64.6 Å². The number of rotatable bonds is 31. The van der Waals surface area contributed by atoms with Crippen molar-refractivity contribution in [3.05, 3.63) is 69.0 Å². The van der Waals surface area contributed by atoms with E-state index in [1.807, 2.05) is 13.0 Å². The molecule has 490 valence electrons. The zero-order chi connectivity index (χ0) is 64.4. The molecule has 7 amide bonds. The summed E-state index contributed by atoms with van der Waals surface area (Å²) < 4.78 is 40.9. The molecule has 2 atom stereocenters. The van der Waals surface area contributed by atoms with Crippen LogP contribution in [0, 0.1) is 0 Å². The van der Waals surface area contributed by atoms with Crippen molar-refractivity contribution in [3.63, 3.8) is 0 Å². The number of piperidine rings is 2. The van der Waals surface area contributed by atoms with Crippen LogP contribution >= 0.6 is 0 Å². The molecule has 0 spiro atoms. The molecule has 0 radical (unpaired) electrons. The predicted molar refractivity (Wildman–Crippen MR) is 327 cm³/mol. The summed E-state index contributed by atoms with van der Waals surface area (Å²) in [6.07, 6.45) is 10.5. The van der Waals surface area contributed by atoms with Crippen molar-refractivity contribution < 1.29 is 76.3 Å². The Morgan fingerprint density at radius 1 is 0.778 bits per heavy atom. The molecule has 26 nitrogen and oxygen atoms in total. The average molecular weight is 1250 g/mol. The fraction of sp³-hybridized carbons (Fsp3) is 0.609. The summed E-state index contributed by atoms with van der Waals surface area (Å²) in [6.45, 7) is 12.6. The van der Waals surface area contributed by atoms with Crippen molar-refractivity contribution in [1.29, 1.82) is 0 Å². The number of nitrogens with one attached hydrogen (secondary N) is 4. The Balaban J connectivity index is 0.819. The number of benzene rings is 1. The zero-order valence-corrected chi connectivity index (χ0v) is 52.5. The summed E-state index contributed by atoms with van der Waals surface area (Å²) in [4.78, 5) is 141. The normalized spacial score (nSPS) is 17.7. The van der Waals surface area contributed by atoms with Gasteiger partial charge in [0.15, 0.2) is 0 Å². The summed E-state index contributed by atoms with van der Waals surface area (Å²) in [5.41, 5.74) is 0.252. The molecule has 4 N–H and O–H groups in total. The largest absolute Gasteiger partial charge is 0.457 e. The lowest BCUT2D eigenvalue weighted by molar-refractivity contribution is -0.189. The molecule has 26 heteroatoms. The van der Waals surface area contributed by atoms with Crippen molar-refractivity contribution in [2.75, 3.05) is 92.0 Å². The maximum atomic E-state index is 14.5. The maximum Gasteiger partial charge on any atom is 0.415 e. The number of pyridine rings is 2. The second-order valence-electron chi connectivity index (χ2n) is 24.0. The molecule has 0 aliphatic carbocycles. The van der Waals surface area contributed by atoms with Gasteiger partial charge in [0.2, 0.25) is 23.3 Å². The molecule has 2 fully saturated rings. The lowest BCUT2D eigenvalue weighted by Crippen LogP contribution is -2.51. The summed E-state index contributed by atoms with van der Waals surface area (Å²) in [6, 6.07) is 6.26. The summed E-state index contributed by atoms with van der Waals surface area (Å²) in [5, 5.41) is 11.4. The van der Waals surface area contributed by atoms with E-state index in [1.165, 1.54) is 36.3 Å². The number of carbonyl (C=O) groups excluding carboxylic acids is 9. The second kappa shape index (κ2) is 32.3. The Kier molecular flexibility index (Phi) is 24.4. The molecule has 0 bridgehead atoms. The van der Waals surface area contributed by atoms with Gasteiger partial charge in [0.1, 0.15) is 37.2 Å². The highest BCUT2D eigenvalue weighted by molar-refractivity contribution is 6.12. The van der Waals surface area contributed by atoms with Crippen LogP contribution in [-0.4, -0.2) is 188 Å². The highest BCUT2D eigenvalue weighted by Gasteiger charge is 2.51. The molecule has 5 aliphatic heterocycles. The SMILES string of the molecule is CCc1c2c(nc3ccc(OC(=O)N4CCC(N5CCCCC5)CC4)cc13)-c1cc3c(c(=O)n1C2)COC(=O)[C@@]3(CC)OC(=O)CNC(=O)C(CCCCNC(=O)OC(C)(C)C)NC(=O)COCCOCCOCCNC(=O)CCCCCN1C(=O)C=CC1=O. The Bertz CT molecular complexity index is 3180. The number of likely N-dealkylation sites (tertiary alicyclic amines) is 2. The van der Waals surface area contributed by atoms with Crippen LogP contribution in [0.3, 0.4) is 0 Å². The van der Waals surface area contributed by atoms with E-state index >= 15 is 0 Å². The van der Waals surface area contributed by atoms with Crippen molar-refractivity contribution in [2.24, 2.45) is 0 Å². The van der Waals surface area contributed by atoms with Crippen LogP contribution in [0.15, 0.2) is 41.2 Å². The Labute approximate surface area is 523 Å². The highest BCUT2D eigenvalue weighted by atomic mass is 16.6. The molecular formula is C64H87N9O17. The third-order valence-electron chi connectivity index (χ3n) is 16.6. The number of aryl methyl sites for hydroxylation is 1. The number of ether oxygens (including phenoxy) is 7.